The van der Waals surface area contributed by atoms with Crippen LogP contribution in [0.2, 0.25) is 0 Å². The SMILES string of the molecule is O=C1CC[C@H](C=C(c2ccc(C(F)F)c(F)c2)c2ccc(C3CC3)c(=O)[nH]2)N1. The van der Waals surface area contributed by atoms with Gasteiger partial charge >= 0.3 is 0 Å². The number of amides is 1. The molecular weight excluding hydrogens is 369 g/mol. The molecule has 2 fully saturated rings. The Morgan fingerprint density at radius 2 is 1.89 bits per heavy atom. The van der Waals surface area contributed by atoms with Gasteiger partial charge in [0.05, 0.1) is 5.56 Å². The number of nitrogens with one attached hydrogen (secondary N) is 2. The lowest BCUT2D eigenvalue weighted by atomic mass is 9.97. The van der Waals surface area contributed by atoms with Crippen molar-refractivity contribution in [3.05, 3.63) is 75.0 Å². The summed E-state index contributed by atoms with van der Waals surface area (Å²) < 4.78 is 39.9. The van der Waals surface area contributed by atoms with Crippen molar-refractivity contribution in [1.29, 1.82) is 0 Å². The molecule has 28 heavy (non-hydrogen) atoms. The molecule has 1 aliphatic heterocycles. The lowest BCUT2D eigenvalue weighted by Crippen LogP contribution is -2.23. The maximum Gasteiger partial charge on any atom is 0.266 e. The summed E-state index contributed by atoms with van der Waals surface area (Å²) in [5.41, 5.74) is 1.15. The van der Waals surface area contributed by atoms with Crippen molar-refractivity contribution in [2.75, 3.05) is 0 Å². The quantitative estimate of drug-likeness (QED) is 0.812. The normalized spacial score (nSPS) is 19.9. The fraction of sp³-hybridized carbons (Fsp3) is 0.333. The topological polar surface area (TPSA) is 62.0 Å². The minimum Gasteiger partial charge on any atom is -0.350 e. The summed E-state index contributed by atoms with van der Waals surface area (Å²) in [6.07, 6.45) is 1.76. The van der Waals surface area contributed by atoms with Crippen LogP contribution < -0.4 is 10.9 Å². The van der Waals surface area contributed by atoms with Crippen LogP contribution in [0.25, 0.3) is 5.57 Å². The number of aromatic nitrogens is 1. The molecule has 146 valence electrons. The van der Waals surface area contributed by atoms with Crippen molar-refractivity contribution in [3.63, 3.8) is 0 Å². The lowest BCUT2D eigenvalue weighted by molar-refractivity contribution is -0.119. The number of rotatable bonds is 5. The van der Waals surface area contributed by atoms with Gasteiger partial charge in [-0.2, -0.15) is 0 Å². The van der Waals surface area contributed by atoms with E-state index in [1.54, 1.807) is 18.2 Å². The molecule has 1 aliphatic carbocycles. The van der Waals surface area contributed by atoms with Crippen molar-refractivity contribution < 1.29 is 18.0 Å². The van der Waals surface area contributed by atoms with E-state index in [0.29, 0.717) is 29.7 Å². The third kappa shape index (κ3) is 3.74. The van der Waals surface area contributed by atoms with Crippen molar-refractivity contribution in [3.8, 4) is 0 Å². The van der Waals surface area contributed by atoms with Crippen LogP contribution in [0, 0.1) is 5.82 Å². The van der Waals surface area contributed by atoms with Crippen LogP contribution in [0.1, 0.15) is 60.4 Å². The van der Waals surface area contributed by atoms with Crippen LogP contribution in [0.4, 0.5) is 13.2 Å². The fourth-order valence-corrected chi connectivity index (χ4v) is 3.53. The van der Waals surface area contributed by atoms with Gasteiger partial charge in [-0.15, -0.1) is 0 Å². The van der Waals surface area contributed by atoms with E-state index in [-0.39, 0.29) is 23.4 Å². The summed E-state index contributed by atoms with van der Waals surface area (Å²) in [5.74, 6) is -0.815. The molecule has 0 spiro atoms. The Morgan fingerprint density at radius 3 is 2.46 bits per heavy atom. The molecular formula is C21H19F3N2O2. The number of carbonyl (C=O) groups excluding carboxylic acids is 1. The molecule has 1 saturated carbocycles. The van der Waals surface area contributed by atoms with Crippen molar-refractivity contribution in [2.24, 2.45) is 0 Å². The molecule has 2 N–H and O–H groups in total. The van der Waals surface area contributed by atoms with Gasteiger partial charge in [0, 0.05) is 29.3 Å². The second-order valence-electron chi connectivity index (χ2n) is 7.26. The van der Waals surface area contributed by atoms with Gasteiger partial charge in [-0.05, 0) is 48.9 Å². The monoisotopic (exact) mass is 388 g/mol. The number of carbonyl (C=O) groups is 1. The number of hydrogen-bond donors (Lipinski definition) is 2. The van der Waals surface area contributed by atoms with E-state index < -0.39 is 17.8 Å². The zero-order chi connectivity index (χ0) is 19.8. The third-order valence-electron chi connectivity index (χ3n) is 5.19. The van der Waals surface area contributed by atoms with E-state index in [1.807, 2.05) is 0 Å². The first kappa shape index (κ1) is 18.5. The standard InChI is InChI=1S/C21H19F3N2O2/c22-17-9-12(3-5-15(17)20(23)24)16(10-13-4-8-19(27)25-13)18-7-6-14(11-1-2-11)21(28)26-18/h3,5-7,9-11,13,20H,1-2,4,8H2,(H,25,27)(H,26,28)/t13-/m1/s1. The summed E-state index contributed by atoms with van der Waals surface area (Å²) in [6, 6.07) is 6.73. The lowest BCUT2D eigenvalue weighted by Gasteiger charge is -2.14. The molecule has 4 rings (SSSR count). The van der Waals surface area contributed by atoms with Crippen LogP contribution in [0.5, 0.6) is 0 Å². The van der Waals surface area contributed by atoms with Crippen LogP contribution >= 0.6 is 0 Å². The highest BCUT2D eigenvalue weighted by Crippen LogP contribution is 2.38. The Morgan fingerprint density at radius 1 is 1.11 bits per heavy atom. The summed E-state index contributed by atoms with van der Waals surface area (Å²) in [5, 5.41) is 2.80. The summed E-state index contributed by atoms with van der Waals surface area (Å²) in [6.45, 7) is 0. The average Bonchev–Trinajstić information content (AvgIpc) is 3.40. The smallest absolute Gasteiger partial charge is 0.266 e. The van der Waals surface area contributed by atoms with Crippen LogP contribution in [-0.4, -0.2) is 16.9 Å². The average molecular weight is 388 g/mol. The largest absolute Gasteiger partial charge is 0.350 e. The van der Waals surface area contributed by atoms with Crippen molar-refractivity contribution in [1.82, 2.24) is 10.3 Å². The van der Waals surface area contributed by atoms with Gasteiger partial charge in [0.15, 0.2) is 0 Å². The predicted octanol–water partition coefficient (Wildman–Crippen LogP) is 4.04. The molecule has 4 nitrogen and oxygen atoms in total. The predicted molar refractivity (Wildman–Crippen MR) is 98.6 cm³/mol. The molecule has 1 amide bonds. The van der Waals surface area contributed by atoms with E-state index in [2.05, 4.69) is 10.3 Å². The van der Waals surface area contributed by atoms with Gasteiger partial charge in [-0.3, -0.25) is 9.59 Å². The number of benzene rings is 1. The van der Waals surface area contributed by atoms with E-state index >= 15 is 0 Å². The first-order valence-corrected chi connectivity index (χ1v) is 9.25. The number of hydrogen-bond acceptors (Lipinski definition) is 2. The summed E-state index contributed by atoms with van der Waals surface area (Å²) >= 11 is 0. The third-order valence-corrected chi connectivity index (χ3v) is 5.19. The Balaban J connectivity index is 1.77. The zero-order valence-corrected chi connectivity index (χ0v) is 15.0. The molecule has 1 saturated heterocycles. The van der Waals surface area contributed by atoms with Gasteiger partial charge < -0.3 is 10.3 Å². The molecule has 1 aromatic heterocycles. The molecule has 7 heteroatoms. The highest BCUT2D eigenvalue weighted by molar-refractivity contribution is 5.82. The second-order valence-corrected chi connectivity index (χ2v) is 7.26. The van der Waals surface area contributed by atoms with Crippen LogP contribution in [0.3, 0.4) is 0 Å². The van der Waals surface area contributed by atoms with Gasteiger partial charge in [0.1, 0.15) is 5.82 Å². The Labute approximate surface area is 159 Å². The number of H-pyrrole nitrogens is 1. The van der Waals surface area contributed by atoms with Crippen LogP contribution in [0.15, 0.2) is 41.2 Å². The Hall–Kier alpha value is -2.83. The van der Waals surface area contributed by atoms with Crippen molar-refractivity contribution in [2.45, 2.75) is 44.1 Å². The maximum atomic E-state index is 14.2. The molecule has 0 radical (unpaired) electrons. The van der Waals surface area contributed by atoms with Crippen LogP contribution in [-0.2, 0) is 4.79 Å². The van der Waals surface area contributed by atoms with E-state index in [9.17, 15) is 22.8 Å². The number of aromatic amines is 1. The van der Waals surface area contributed by atoms with Crippen molar-refractivity contribution >= 4 is 11.5 Å². The van der Waals surface area contributed by atoms with E-state index in [4.69, 9.17) is 0 Å². The number of alkyl halides is 2. The first-order valence-electron chi connectivity index (χ1n) is 9.25. The molecule has 2 heterocycles. The Bertz CT molecular complexity index is 1010. The number of halogens is 3. The first-order chi connectivity index (χ1) is 13.4. The maximum absolute atomic E-state index is 14.2. The molecule has 2 aliphatic rings. The molecule has 1 aromatic carbocycles. The van der Waals surface area contributed by atoms with E-state index in [1.165, 1.54) is 6.07 Å². The summed E-state index contributed by atoms with van der Waals surface area (Å²) in [7, 11) is 0. The van der Waals surface area contributed by atoms with Gasteiger partial charge in [-0.1, -0.05) is 18.2 Å². The molecule has 2 aromatic rings. The zero-order valence-electron chi connectivity index (χ0n) is 15.0. The Kier molecular flexibility index (Phi) is 4.83. The second kappa shape index (κ2) is 7.30. The highest BCUT2D eigenvalue weighted by Gasteiger charge is 2.27. The van der Waals surface area contributed by atoms with Gasteiger partial charge in [0.25, 0.3) is 12.0 Å². The van der Waals surface area contributed by atoms with Gasteiger partial charge in [-0.25, -0.2) is 13.2 Å². The highest BCUT2D eigenvalue weighted by atomic mass is 19.3. The summed E-state index contributed by atoms with van der Waals surface area (Å²) in [4.78, 5) is 26.8. The van der Waals surface area contributed by atoms with Gasteiger partial charge in [0.2, 0.25) is 5.91 Å². The minimum absolute atomic E-state index is 0.0857. The van der Waals surface area contributed by atoms with E-state index in [0.717, 1.165) is 30.5 Å². The molecule has 0 unspecified atom stereocenters. The fourth-order valence-electron chi connectivity index (χ4n) is 3.53. The minimum atomic E-state index is -2.91. The molecule has 0 bridgehead atoms. The molecule has 1 atom stereocenters. The number of pyridine rings is 1.